The van der Waals surface area contributed by atoms with Gasteiger partial charge in [-0.3, -0.25) is 10.1 Å². The summed E-state index contributed by atoms with van der Waals surface area (Å²) in [5, 5.41) is 18.0. The molecule has 0 aliphatic heterocycles. The first kappa shape index (κ1) is 12.4. The summed E-state index contributed by atoms with van der Waals surface area (Å²) in [6.45, 7) is 0. The third-order valence-electron chi connectivity index (χ3n) is 2.79. The van der Waals surface area contributed by atoms with Crippen molar-refractivity contribution in [3.8, 4) is 0 Å². The molecule has 0 unspecified atom stereocenters. The van der Waals surface area contributed by atoms with E-state index in [-0.39, 0.29) is 27.5 Å². The van der Waals surface area contributed by atoms with Gasteiger partial charge in [0.25, 0.3) is 5.69 Å². The first-order valence-corrected chi connectivity index (χ1v) is 6.58. The number of rotatable bonds is 2. The van der Waals surface area contributed by atoms with E-state index in [4.69, 9.17) is 0 Å². The smallest absolute Gasteiger partial charge is 0.270 e. The lowest BCUT2D eigenvalue weighted by atomic mass is 10.1. The van der Waals surface area contributed by atoms with Crippen molar-refractivity contribution in [1.82, 2.24) is 10.3 Å². The van der Waals surface area contributed by atoms with E-state index < -0.39 is 19.9 Å². The van der Waals surface area contributed by atoms with Crippen LogP contribution in [0.5, 0.6) is 0 Å². The lowest BCUT2D eigenvalue weighted by molar-refractivity contribution is -0.384. The largest absolute Gasteiger partial charge is 0.744 e. The van der Waals surface area contributed by atoms with Gasteiger partial charge in [0.15, 0.2) is 0 Å². The van der Waals surface area contributed by atoms with E-state index in [2.05, 4.69) is 14.9 Å². The summed E-state index contributed by atoms with van der Waals surface area (Å²) < 4.78 is 38.4. The number of fused-ring (bicyclic) bond motifs is 3. The van der Waals surface area contributed by atoms with Crippen molar-refractivity contribution in [1.29, 1.82) is 0 Å². The SMILES string of the molecule is O=[N+]([O-])c1ccc2c(c1)c(S(=O)(=O)[O-])cc1nonc12. The minimum atomic E-state index is -4.82. The molecule has 0 N–H and O–H groups in total. The quantitative estimate of drug-likeness (QED) is 0.390. The number of hydrogen-bond acceptors (Lipinski definition) is 8. The molecule has 1 heterocycles. The van der Waals surface area contributed by atoms with E-state index >= 15 is 0 Å². The zero-order valence-electron chi connectivity index (χ0n) is 9.51. The Morgan fingerprint density at radius 2 is 1.90 bits per heavy atom. The summed E-state index contributed by atoms with van der Waals surface area (Å²) in [4.78, 5) is 9.46. The monoisotopic (exact) mass is 294 g/mol. The van der Waals surface area contributed by atoms with Gasteiger partial charge in [0.1, 0.15) is 21.2 Å². The van der Waals surface area contributed by atoms with Gasteiger partial charge < -0.3 is 4.55 Å². The van der Waals surface area contributed by atoms with Gasteiger partial charge in [-0.15, -0.1) is 0 Å². The van der Waals surface area contributed by atoms with Gasteiger partial charge in [-0.2, -0.15) is 0 Å². The molecule has 3 rings (SSSR count). The van der Waals surface area contributed by atoms with Crippen molar-refractivity contribution in [2.45, 2.75) is 4.90 Å². The molecule has 0 saturated carbocycles. The Hall–Kier alpha value is -2.59. The molecule has 0 saturated heterocycles. The molecule has 9 nitrogen and oxygen atoms in total. The summed E-state index contributed by atoms with van der Waals surface area (Å²) in [5.41, 5.74) is -0.0266. The van der Waals surface area contributed by atoms with Crippen LogP contribution in [-0.2, 0) is 10.1 Å². The minimum Gasteiger partial charge on any atom is -0.744 e. The van der Waals surface area contributed by atoms with Crippen LogP contribution in [0.2, 0.25) is 0 Å². The van der Waals surface area contributed by atoms with Crippen molar-refractivity contribution in [3.05, 3.63) is 34.4 Å². The summed E-state index contributed by atoms with van der Waals surface area (Å²) in [6, 6.07) is 4.47. The Kier molecular flexibility index (Phi) is 2.46. The second-order valence-electron chi connectivity index (χ2n) is 3.95. The van der Waals surface area contributed by atoms with Crippen molar-refractivity contribution < 1.29 is 22.5 Å². The van der Waals surface area contributed by atoms with Gasteiger partial charge in [-0.25, -0.2) is 13.0 Å². The molecule has 0 atom stereocenters. The summed E-state index contributed by atoms with van der Waals surface area (Å²) in [7, 11) is -4.82. The van der Waals surface area contributed by atoms with Gasteiger partial charge in [0.05, 0.1) is 9.82 Å². The standard InChI is InChI=1S/C10H5N3O6S/c14-13(15)5-1-2-6-7(3-5)9(20(16,17)18)4-8-10(6)12-19-11-8/h1-4H,(H,16,17,18)/p-1. The highest BCUT2D eigenvalue weighted by Gasteiger charge is 2.17. The van der Waals surface area contributed by atoms with Gasteiger partial charge in [0.2, 0.25) is 0 Å². The van der Waals surface area contributed by atoms with Crippen LogP contribution in [0.3, 0.4) is 0 Å². The maximum absolute atomic E-state index is 11.3. The molecular weight excluding hydrogens is 290 g/mol. The number of aromatic nitrogens is 2. The van der Waals surface area contributed by atoms with E-state index in [0.717, 1.165) is 12.1 Å². The van der Waals surface area contributed by atoms with Crippen molar-refractivity contribution in [3.63, 3.8) is 0 Å². The Labute approximate surface area is 110 Å². The average molecular weight is 294 g/mol. The Bertz CT molecular complexity index is 962. The van der Waals surface area contributed by atoms with Crippen LogP contribution in [0.25, 0.3) is 21.8 Å². The highest BCUT2D eigenvalue weighted by molar-refractivity contribution is 7.86. The third kappa shape index (κ3) is 1.78. The van der Waals surface area contributed by atoms with Crippen LogP contribution in [0.1, 0.15) is 0 Å². The maximum Gasteiger partial charge on any atom is 0.270 e. The predicted octanol–water partition coefficient (Wildman–Crippen LogP) is 1.19. The van der Waals surface area contributed by atoms with Gasteiger partial charge >= 0.3 is 0 Å². The first-order chi connectivity index (χ1) is 9.38. The molecule has 0 bridgehead atoms. The fourth-order valence-corrected chi connectivity index (χ4v) is 2.64. The van der Waals surface area contributed by atoms with Crippen LogP contribution in [0.15, 0.2) is 33.8 Å². The second-order valence-corrected chi connectivity index (χ2v) is 5.30. The number of nitro benzene ring substituents is 1. The molecule has 2 aromatic carbocycles. The zero-order valence-corrected chi connectivity index (χ0v) is 10.3. The molecule has 0 aliphatic carbocycles. The molecular formula is C10H4N3O6S-. The lowest BCUT2D eigenvalue weighted by Gasteiger charge is -2.10. The summed E-state index contributed by atoms with van der Waals surface area (Å²) in [5.74, 6) is 0. The highest BCUT2D eigenvalue weighted by atomic mass is 32.2. The van der Waals surface area contributed by atoms with E-state index in [1.807, 2.05) is 0 Å². The number of benzene rings is 2. The number of hydrogen-bond donors (Lipinski definition) is 0. The van der Waals surface area contributed by atoms with Gasteiger partial charge in [-0.05, 0) is 22.4 Å². The molecule has 0 aliphatic rings. The normalized spacial score (nSPS) is 12.1. The zero-order chi connectivity index (χ0) is 14.5. The minimum absolute atomic E-state index is 0.0841. The molecule has 20 heavy (non-hydrogen) atoms. The topological polar surface area (TPSA) is 139 Å². The van der Waals surface area contributed by atoms with Gasteiger partial charge in [-0.1, -0.05) is 0 Å². The van der Waals surface area contributed by atoms with E-state index in [1.54, 1.807) is 0 Å². The molecule has 1 aromatic heterocycles. The second kappa shape index (κ2) is 3.95. The molecule has 0 spiro atoms. The Morgan fingerprint density at radius 1 is 1.15 bits per heavy atom. The molecule has 0 fully saturated rings. The lowest BCUT2D eigenvalue weighted by Crippen LogP contribution is -2.00. The van der Waals surface area contributed by atoms with E-state index in [0.29, 0.717) is 0 Å². The highest BCUT2D eigenvalue weighted by Crippen LogP contribution is 2.32. The number of nitro groups is 1. The Balaban J connectivity index is 2.56. The third-order valence-corrected chi connectivity index (χ3v) is 3.66. The number of nitrogens with zero attached hydrogens (tertiary/aromatic N) is 3. The molecule has 3 aromatic rings. The van der Waals surface area contributed by atoms with E-state index in [9.17, 15) is 23.1 Å². The van der Waals surface area contributed by atoms with Crippen LogP contribution >= 0.6 is 0 Å². The fraction of sp³-hybridized carbons (Fsp3) is 0. The average Bonchev–Trinajstić information content (AvgIpc) is 2.84. The maximum atomic E-state index is 11.3. The summed E-state index contributed by atoms with van der Waals surface area (Å²) in [6.07, 6.45) is 0. The van der Waals surface area contributed by atoms with Crippen LogP contribution < -0.4 is 0 Å². The first-order valence-electron chi connectivity index (χ1n) is 5.17. The summed E-state index contributed by atoms with van der Waals surface area (Å²) >= 11 is 0. The molecule has 0 radical (unpaired) electrons. The number of non-ortho nitro benzene ring substituents is 1. The molecule has 0 amide bonds. The molecule has 102 valence electrons. The van der Waals surface area contributed by atoms with Crippen molar-refractivity contribution in [2.75, 3.05) is 0 Å². The Morgan fingerprint density at radius 3 is 2.55 bits per heavy atom. The van der Waals surface area contributed by atoms with Gasteiger partial charge in [0, 0.05) is 22.9 Å². The van der Waals surface area contributed by atoms with E-state index in [1.165, 1.54) is 12.1 Å². The van der Waals surface area contributed by atoms with Crippen LogP contribution in [-0.4, -0.2) is 28.2 Å². The van der Waals surface area contributed by atoms with Crippen LogP contribution in [0, 0.1) is 10.1 Å². The molecule has 10 heteroatoms. The van der Waals surface area contributed by atoms with Crippen LogP contribution in [0.4, 0.5) is 5.69 Å². The van der Waals surface area contributed by atoms with Crippen molar-refractivity contribution in [2.24, 2.45) is 0 Å². The predicted molar refractivity (Wildman–Crippen MR) is 63.9 cm³/mol. The van der Waals surface area contributed by atoms with Crippen molar-refractivity contribution >= 4 is 37.6 Å². The fourth-order valence-electron chi connectivity index (χ4n) is 1.94.